The lowest BCUT2D eigenvalue weighted by Gasteiger charge is -2.14. The minimum absolute atomic E-state index is 0.236. The van der Waals surface area contributed by atoms with Gasteiger partial charge >= 0.3 is 0 Å². The monoisotopic (exact) mass is 351 g/mol. The predicted octanol–water partition coefficient (Wildman–Crippen LogP) is 1.49. The van der Waals surface area contributed by atoms with Gasteiger partial charge in [-0.25, -0.2) is 0 Å². The third kappa shape index (κ3) is 6.24. The van der Waals surface area contributed by atoms with Crippen LogP contribution < -0.4 is 16.4 Å². The lowest BCUT2D eigenvalue weighted by molar-refractivity contribution is -0.126. The summed E-state index contributed by atoms with van der Waals surface area (Å²) in [5, 5.41) is 5.03. The van der Waals surface area contributed by atoms with Crippen LogP contribution in [-0.4, -0.2) is 30.3 Å². The third-order valence-corrected chi connectivity index (χ3v) is 3.61. The Morgan fingerprint density at radius 3 is 2.19 bits per heavy atom. The van der Waals surface area contributed by atoms with Crippen LogP contribution in [0.25, 0.3) is 6.08 Å². The van der Waals surface area contributed by atoms with E-state index in [0.717, 1.165) is 5.56 Å². The normalized spacial score (nSPS) is 11.7. The van der Waals surface area contributed by atoms with Crippen LogP contribution in [0.5, 0.6) is 0 Å². The zero-order chi connectivity index (χ0) is 18.8. The Hall–Kier alpha value is -3.41. The maximum atomic E-state index is 12.0. The van der Waals surface area contributed by atoms with Crippen molar-refractivity contribution in [3.63, 3.8) is 0 Å². The smallest absolute Gasteiger partial charge is 0.251 e. The van der Waals surface area contributed by atoms with Crippen molar-refractivity contribution in [2.24, 2.45) is 5.73 Å². The fourth-order valence-electron chi connectivity index (χ4n) is 2.25. The molecule has 0 fully saturated rings. The third-order valence-electron chi connectivity index (χ3n) is 3.61. The fraction of sp³-hybridized carbons (Fsp3) is 0.150. The van der Waals surface area contributed by atoms with Crippen LogP contribution in [0.2, 0.25) is 0 Å². The van der Waals surface area contributed by atoms with E-state index in [-0.39, 0.29) is 18.9 Å². The molecule has 0 saturated carbocycles. The van der Waals surface area contributed by atoms with Gasteiger partial charge in [-0.3, -0.25) is 14.4 Å². The van der Waals surface area contributed by atoms with Gasteiger partial charge in [-0.1, -0.05) is 60.7 Å². The molecular formula is C20H21N3O3. The van der Waals surface area contributed by atoms with Crippen LogP contribution in [0.15, 0.2) is 66.7 Å². The maximum Gasteiger partial charge on any atom is 0.251 e. The van der Waals surface area contributed by atoms with Gasteiger partial charge in [0.05, 0.1) is 6.54 Å². The minimum atomic E-state index is -0.837. The molecule has 0 heterocycles. The Labute approximate surface area is 152 Å². The van der Waals surface area contributed by atoms with Gasteiger partial charge < -0.3 is 16.4 Å². The summed E-state index contributed by atoms with van der Waals surface area (Å²) >= 11 is 0. The Kier molecular flexibility index (Phi) is 7.12. The molecule has 2 aromatic rings. The second-order valence-corrected chi connectivity index (χ2v) is 5.62. The molecule has 0 aliphatic carbocycles. The van der Waals surface area contributed by atoms with Crippen molar-refractivity contribution in [2.45, 2.75) is 12.5 Å². The number of hydrogen-bond acceptors (Lipinski definition) is 3. The van der Waals surface area contributed by atoms with Crippen molar-refractivity contribution in [1.82, 2.24) is 10.6 Å². The molecule has 2 rings (SSSR count). The Morgan fingerprint density at radius 2 is 1.58 bits per heavy atom. The summed E-state index contributed by atoms with van der Waals surface area (Å²) in [7, 11) is 0. The van der Waals surface area contributed by atoms with Crippen molar-refractivity contribution in [1.29, 1.82) is 0 Å². The van der Waals surface area contributed by atoms with Gasteiger partial charge in [-0.05, 0) is 24.1 Å². The first-order valence-corrected chi connectivity index (χ1v) is 8.20. The van der Waals surface area contributed by atoms with Gasteiger partial charge in [-0.2, -0.15) is 0 Å². The molecule has 0 aliphatic rings. The number of nitrogens with two attached hydrogens (primary N) is 1. The molecule has 0 unspecified atom stereocenters. The highest BCUT2D eigenvalue weighted by Gasteiger charge is 2.17. The SMILES string of the molecule is NC(=O)[C@H](C/C=C/c1ccccc1)NC(=O)CNC(=O)c1ccccc1. The molecular weight excluding hydrogens is 330 g/mol. The topological polar surface area (TPSA) is 101 Å². The average Bonchev–Trinajstić information content (AvgIpc) is 2.66. The van der Waals surface area contributed by atoms with Gasteiger partial charge in [0.2, 0.25) is 11.8 Å². The van der Waals surface area contributed by atoms with Crippen LogP contribution in [0.4, 0.5) is 0 Å². The van der Waals surface area contributed by atoms with E-state index < -0.39 is 17.9 Å². The molecule has 6 heteroatoms. The van der Waals surface area contributed by atoms with Gasteiger partial charge in [0, 0.05) is 5.56 Å². The largest absolute Gasteiger partial charge is 0.368 e. The van der Waals surface area contributed by atoms with Crippen LogP contribution in [-0.2, 0) is 9.59 Å². The standard InChI is InChI=1S/C20H21N3O3/c21-19(25)17(13-7-10-15-8-3-1-4-9-15)23-18(24)14-22-20(26)16-11-5-2-6-12-16/h1-12,17H,13-14H2,(H2,21,25)(H,22,26)(H,23,24)/b10-7+/t17-/m0/s1. The molecule has 3 amide bonds. The van der Waals surface area contributed by atoms with Crippen LogP contribution in [0.3, 0.4) is 0 Å². The number of carbonyl (C=O) groups is 3. The van der Waals surface area contributed by atoms with Gasteiger partial charge in [0.25, 0.3) is 5.91 Å². The molecule has 0 spiro atoms. The molecule has 4 N–H and O–H groups in total. The van der Waals surface area contributed by atoms with E-state index in [0.29, 0.717) is 5.56 Å². The zero-order valence-corrected chi connectivity index (χ0v) is 14.2. The molecule has 1 atom stereocenters. The predicted molar refractivity (Wildman–Crippen MR) is 100.0 cm³/mol. The van der Waals surface area contributed by atoms with Gasteiger partial charge in [0.15, 0.2) is 0 Å². The number of rotatable bonds is 8. The Bertz CT molecular complexity index is 773. The number of carbonyl (C=O) groups excluding carboxylic acids is 3. The fourth-order valence-corrected chi connectivity index (χ4v) is 2.25. The van der Waals surface area contributed by atoms with E-state index in [1.54, 1.807) is 36.4 Å². The minimum Gasteiger partial charge on any atom is -0.368 e. The Morgan fingerprint density at radius 1 is 0.962 bits per heavy atom. The van der Waals surface area contributed by atoms with E-state index in [1.807, 2.05) is 36.4 Å². The molecule has 0 aromatic heterocycles. The summed E-state index contributed by atoms with van der Waals surface area (Å²) in [5.74, 6) is -1.48. The van der Waals surface area contributed by atoms with Crippen molar-refractivity contribution in [3.8, 4) is 0 Å². The number of amides is 3. The van der Waals surface area contributed by atoms with E-state index in [4.69, 9.17) is 5.73 Å². The van der Waals surface area contributed by atoms with Crippen molar-refractivity contribution >= 4 is 23.8 Å². The Balaban J connectivity index is 1.83. The summed E-state index contributed by atoms with van der Waals surface area (Å²) in [6, 6.07) is 17.3. The summed E-state index contributed by atoms with van der Waals surface area (Å²) in [5.41, 5.74) is 6.78. The second kappa shape index (κ2) is 9.78. The number of primary amides is 1. The first-order valence-electron chi connectivity index (χ1n) is 8.20. The lowest BCUT2D eigenvalue weighted by Crippen LogP contribution is -2.47. The van der Waals surface area contributed by atoms with Crippen LogP contribution in [0.1, 0.15) is 22.3 Å². The zero-order valence-electron chi connectivity index (χ0n) is 14.2. The van der Waals surface area contributed by atoms with E-state index in [1.165, 1.54) is 0 Å². The highest BCUT2D eigenvalue weighted by Crippen LogP contribution is 2.03. The molecule has 2 aromatic carbocycles. The quantitative estimate of drug-likeness (QED) is 0.671. The second-order valence-electron chi connectivity index (χ2n) is 5.62. The number of benzene rings is 2. The van der Waals surface area contributed by atoms with Crippen molar-refractivity contribution in [3.05, 3.63) is 77.9 Å². The lowest BCUT2D eigenvalue weighted by atomic mass is 10.1. The highest BCUT2D eigenvalue weighted by molar-refractivity contribution is 5.97. The first kappa shape index (κ1) is 18.9. The molecule has 0 bridgehead atoms. The van der Waals surface area contributed by atoms with Crippen LogP contribution >= 0.6 is 0 Å². The molecule has 0 aliphatic heterocycles. The number of nitrogens with one attached hydrogen (secondary N) is 2. The summed E-state index contributed by atoms with van der Waals surface area (Å²) < 4.78 is 0. The van der Waals surface area contributed by atoms with Crippen LogP contribution in [0, 0.1) is 0 Å². The average molecular weight is 351 g/mol. The highest BCUT2D eigenvalue weighted by atomic mass is 16.2. The summed E-state index contributed by atoms with van der Waals surface area (Å²) in [6.07, 6.45) is 3.88. The van der Waals surface area contributed by atoms with E-state index in [9.17, 15) is 14.4 Å². The van der Waals surface area contributed by atoms with Crippen molar-refractivity contribution < 1.29 is 14.4 Å². The maximum absolute atomic E-state index is 12.0. The molecule has 0 saturated heterocycles. The van der Waals surface area contributed by atoms with Crippen molar-refractivity contribution in [2.75, 3.05) is 6.54 Å². The van der Waals surface area contributed by atoms with Gasteiger partial charge in [-0.15, -0.1) is 0 Å². The number of hydrogen-bond donors (Lipinski definition) is 3. The molecule has 0 radical (unpaired) electrons. The van der Waals surface area contributed by atoms with Gasteiger partial charge in [0.1, 0.15) is 6.04 Å². The molecule has 6 nitrogen and oxygen atoms in total. The first-order chi connectivity index (χ1) is 12.6. The molecule has 26 heavy (non-hydrogen) atoms. The van der Waals surface area contributed by atoms with E-state index in [2.05, 4.69) is 10.6 Å². The molecule has 134 valence electrons. The van der Waals surface area contributed by atoms with E-state index >= 15 is 0 Å². The summed E-state index contributed by atoms with van der Waals surface area (Å²) in [6.45, 7) is -0.236. The summed E-state index contributed by atoms with van der Waals surface area (Å²) in [4.78, 5) is 35.4.